The summed E-state index contributed by atoms with van der Waals surface area (Å²) in [5.41, 5.74) is 0. The Kier molecular flexibility index (Phi) is 5.91. The Bertz CT molecular complexity index is 438. The maximum absolute atomic E-state index is 11.9. The van der Waals surface area contributed by atoms with Crippen LogP contribution >= 0.6 is 0 Å². The van der Waals surface area contributed by atoms with Crippen LogP contribution in [0.1, 0.15) is 6.42 Å². The summed E-state index contributed by atoms with van der Waals surface area (Å²) in [5.74, 6) is -3.45. The summed E-state index contributed by atoms with van der Waals surface area (Å²) < 4.78 is 9.62. The summed E-state index contributed by atoms with van der Waals surface area (Å²) in [4.78, 5) is 45.8. The Hall–Kier alpha value is -2.36. The average molecular weight is 304 g/mol. The maximum atomic E-state index is 11.9. The van der Waals surface area contributed by atoms with Crippen molar-refractivity contribution in [2.45, 2.75) is 18.6 Å². The first kappa shape index (κ1) is 16.7. The van der Waals surface area contributed by atoms with Crippen molar-refractivity contribution < 1.29 is 38.9 Å². The van der Waals surface area contributed by atoms with Gasteiger partial charge < -0.3 is 29.9 Å². The fraction of sp³-hybridized carbons (Fsp3) is 0.636. The predicted octanol–water partition coefficient (Wildman–Crippen LogP) is -1.50. The fourth-order valence-electron chi connectivity index (χ4n) is 1.72. The standard InChI is InChI=1S/C11H16N2O8/c1-20-10(18)7-5-13(2-3-21-7)11(19)12-6(9(16)17)4-8(14)15/h6-7H,2-5H2,1H3,(H,12,19)(H,14,15)(H,16,17)/t6-,7?/m1/s1. The van der Waals surface area contributed by atoms with Gasteiger partial charge in [0, 0.05) is 6.54 Å². The second kappa shape index (κ2) is 7.43. The van der Waals surface area contributed by atoms with Gasteiger partial charge in [-0.2, -0.15) is 0 Å². The van der Waals surface area contributed by atoms with Gasteiger partial charge in [-0.25, -0.2) is 14.4 Å². The largest absolute Gasteiger partial charge is 0.481 e. The number of nitrogens with zero attached hydrogens (tertiary/aromatic N) is 1. The number of rotatable bonds is 5. The number of hydrogen-bond acceptors (Lipinski definition) is 6. The predicted molar refractivity (Wildman–Crippen MR) is 65.5 cm³/mol. The lowest BCUT2D eigenvalue weighted by atomic mass is 10.2. The highest BCUT2D eigenvalue weighted by Gasteiger charge is 2.32. The van der Waals surface area contributed by atoms with Crippen LogP contribution in [0.25, 0.3) is 0 Å². The number of ether oxygens (including phenoxy) is 2. The Morgan fingerprint density at radius 1 is 1.38 bits per heavy atom. The van der Waals surface area contributed by atoms with Crippen molar-refractivity contribution >= 4 is 23.9 Å². The molecule has 0 aliphatic carbocycles. The van der Waals surface area contributed by atoms with E-state index in [1.807, 2.05) is 0 Å². The number of aliphatic carboxylic acids is 2. The molecule has 1 aliphatic rings. The Balaban J connectivity index is 2.62. The number of urea groups is 1. The molecular formula is C11H16N2O8. The normalized spacial score (nSPS) is 19.5. The number of amides is 2. The van der Waals surface area contributed by atoms with E-state index < -0.39 is 42.5 Å². The molecule has 0 radical (unpaired) electrons. The van der Waals surface area contributed by atoms with Crippen molar-refractivity contribution in [3.63, 3.8) is 0 Å². The van der Waals surface area contributed by atoms with Gasteiger partial charge in [0.25, 0.3) is 0 Å². The number of nitrogens with one attached hydrogen (secondary N) is 1. The number of carboxylic acid groups (broad SMARTS) is 2. The van der Waals surface area contributed by atoms with E-state index in [-0.39, 0.29) is 19.7 Å². The zero-order chi connectivity index (χ0) is 16.0. The third-order valence-electron chi connectivity index (χ3n) is 2.79. The number of carbonyl (C=O) groups is 4. The third-order valence-corrected chi connectivity index (χ3v) is 2.79. The molecule has 10 nitrogen and oxygen atoms in total. The fourth-order valence-corrected chi connectivity index (χ4v) is 1.72. The van der Waals surface area contributed by atoms with Crippen LogP contribution in [0.4, 0.5) is 4.79 Å². The minimum atomic E-state index is -1.55. The van der Waals surface area contributed by atoms with Crippen LogP contribution in [0.3, 0.4) is 0 Å². The summed E-state index contributed by atoms with van der Waals surface area (Å²) in [5, 5.41) is 19.5. The van der Waals surface area contributed by atoms with Crippen molar-refractivity contribution in [2.75, 3.05) is 26.8 Å². The molecule has 2 atom stereocenters. The molecule has 3 N–H and O–H groups in total. The Morgan fingerprint density at radius 2 is 2.05 bits per heavy atom. The van der Waals surface area contributed by atoms with Gasteiger partial charge in [0.05, 0.1) is 26.7 Å². The van der Waals surface area contributed by atoms with E-state index in [0.717, 1.165) is 0 Å². The summed E-state index contributed by atoms with van der Waals surface area (Å²) in [6.07, 6.45) is -1.69. The quantitative estimate of drug-likeness (QED) is 0.521. The summed E-state index contributed by atoms with van der Waals surface area (Å²) in [6, 6.07) is -2.32. The van der Waals surface area contributed by atoms with Crippen LogP contribution < -0.4 is 5.32 Å². The second-order valence-corrected chi connectivity index (χ2v) is 4.27. The van der Waals surface area contributed by atoms with Gasteiger partial charge in [-0.3, -0.25) is 4.79 Å². The molecular weight excluding hydrogens is 288 g/mol. The molecule has 0 aromatic rings. The highest BCUT2D eigenvalue weighted by atomic mass is 16.6. The van der Waals surface area contributed by atoms with Crippen molar-refractivity contribution in [3.05, 3.63) is 0 Å². The van der Waals surface area contributed by atoms with E-state index in [0.29, 0.717) is 0 Å². The van der Waals surface area contributed by atoms with Crippen LogP contribution in [0.2, 0.25) is 0 Å². The Morgan fingerprint density at radius 3 is 2.57 bits per heavy atom. The molecule has 1 unspecified atom stereocenters. The number of carboxylic acids is 2. The van der Waals surface area contributed by atoms with Crippen molar-refractivity contribution in [1.29, 1.82) is 0 Å². The minimum absolute atomic E-state index is 0.0872. The molecule has 118 valence electrons. The molecule has 0 spiro atoms. The Labute approximate surface area is 119 Å². The molecule has 0 aromatic heterocycles. The number of morpholine rings is 1. The first-order valence-electron chi connectivity index (χ1n) is 6.04. The number of esters is 1. The molecule has 21 heavy (non-hydrogen) atoms. The van der Waals surface area contributed by atoms with E-state index in [1.165, 1.54) is 12.0 Å². The highest BCUT2D eigenvalue weighted by Crippen LogP contribution is 2.07. The van der Waals surface area contributed by atoms with Crippen molar-refractivity contribution in [2.24, 2.45) is 0 Å². The van der Waals surface area contributed by atoms with Gasteiger partial charge in [0.1, 0.15) is 6.04 Å². The molecule has 0 aromatic carbocycles. The lowest BCUT2D eigenvalue weighted by Gasteiger charge is -2.32. The van der Waals surface area contributed by atoms with E-state index in [2.05, 4.69) is 10.1 Å². The van der Waals surface area contributed by atoms with Crippen LogP contribution in [-0.2, 0) is 23.9 Å². The van der Waals surface area contributed by atoms with E-state index in [9.17, 15) is 19.2 Å². The molecule has 1 saturated heterocycles. The lowest BCUT2D eigenvalue weighted by molar-refractivity contribution is -0.158. The number of carbonyl (C=O) groups excluding carboxylic acids is 2. The van der Waals surface area contributed by atoms with Gasteiger partial charge in [0.15, 0.2) is 6.10 Å². The molecule has 1 rings (SSSR count). The van der Waals surface area contributed by atoms with Crippen molar-refractivity contribution in [1.82, 2.24) is 10.2 Å². The smallest absolute Gasteiger partial charge is 0.336 e. The van der Waals surface area contributed by atoms with Gasteiger partial charge in [0.2, 0.25) is 0 Å². The molecule has 2 amide bonds. The number of methoxy groups -OCH3 is 1. The van der Waals surface area contributed by atoms with E-state index >= 15 is 0 Å². The van der Waals surface area contributed by atoms with Crippen LogP contribution in [-0.4, -0.2) is 78.0 Å². The summed E-state index contributed by atoms with van der Waals surface area (Å²) in [7, 11) is 1.18. The highest BCUT2D eigenvalue weighted by molar-refractivity contribution is 5.86. The van der Waals surface area contributed by atoms with Crippen LogP contribution in [0, 0.1) is 0 Å². The van der Waals surface area contributed by atoms with Crippen LogP contribution in [0.15, 0.2) is 0 Å². The molecule has 10 heteroatoms. The lowest BCUT2D eigenvalue weighted by Crippen LogP contribution is -2.55. The topological polar surface area (TPSA) is 142 Å². The van der Waals surface area contributed by atoms with Crippen LogP contribution in [0.5, 0.6) is 0 Å². The zero-order valence-electron chi connectivity index (χ0n) is 11.3. The summed E-state index contributed by atoms with van der Waals surface area (Å²) >= 11 is 0. The van der Waals surface area contributed by atoms with Crippen molar-refractivity contribution in [3.8, 4) is 0 Å². The van der Waals surface area contributed by atoms with E-state index in [1.54, 1.807) is 0 Å². The zero-order valence-corrected chi connectivity index (χ0v) is 11.3. The molecule has 0 bridgehead atoms. The van der Waals surface area contributed by atoms with Gasteiger partial charge in [-0.15, -0.1) is 0 Å². The molecule has 1 fully saturated rings. The van der Waals surface area contributed by atoms with Gasteiger partial charge in [-0.1, -0.05) is 0 Å². The van der Waals surface area contributed by atoms with Gasteiger partial charge in [-0.05, 0) is 0 Å². The third kappa shape index (κ3) is 4.91. The summed E-state index contributed by atoms with van der Waals surface area (Å²) in [6.45, 7) is 0.139. The monoisotopic (exact) mass is 304 g/mol. The minimum Gasteiger partial charge on any atom is -0.481 e. The van der Waals surface area contributed by atoms with Gasteiger partial charge >= 0.3 is 23.9 Å². The van der Waals surface area contributed by atoms with E-state index in [4.69, 9.17) is 14.9 Å². The first-order valence-corrected chi connectivity index (χ1v) is 6.04. The molecule has 1 aliphatic heterocycles. The first-order chi connectivity index (χ1) is 9.85. The maximum Gasteiger partial charge on any atom is 0.336 e. The SMILES string of the molecule is COC(=O)C1CN(C(=O)N[C@H](CC(=O)O)C(=O)O)CCO1. The number of hydrogen-bond donors (Lipinski definition) is 3. The molecule has 1 heterocycles. The molecule has 0 saturated carbocycles. The second-order valence-electron chi connectivity index (χ2n) is 4.27. The average Bonchev–Trinajstić information content (AvgIpc) is 2.45.